The molecule has 1 aromatic rings. The third-order valence-corrected chi connectivity index (χ3v) is 3.17. The van der Waals surface area contributed by atoms with Gasteiger partial charge in [0.1, 0.15) is 0 Å². The van der Waals surface area contributed by atoms with Crippen LogP contribution in [0.5, 0.6) is 0 Å². The summed E-state index contributed by atoms with van der Waals surface area (Å²) in [5, 5.41) is 12.6. The van der Waals surface area contributed by atoms with Crippen molar-refractivity contribution in [1.82, 2.24) is 4.90 Å². The van der Waals surface area contributed by atoms with Crippen LogP contribution in [0.15, 0.2) is 24.3 Å². The minimum absolute atomic E-state index is 0.0575. The molecule has 0 radical (unpaired) electrons. The molecule has 0 heterocycles. The lowest BCUT2D eigenvalue weighted by Crippen LogP contribution is -2.39. The number of ether oxygens (including phenoxy) is 1. The molecule has 0 aromatic heterocycles. The first-order valence-electron chi connectivity index (χ1n) is 7.04. The van der Waals surface area contributed by atoms with Gasteiger partial charge in [0.05, 0.1) is 19.3 Å². The van der Waals surface area contributed by atoms with Crippen LogP contribution in [-0.2, 0) is 10.2 Å². The van der Waals surface area contributed by atoms with Crippen LogP contribution in [-0.4, -0.2) is 49.5 Å². The number of methoxy groups -OCH3 is 1. The molecule has 1 atom stereocenters. The van der Waals surface area contributed by atoms with Gasteiger partial charge < -0.3 is 20.1 Å². The van der Waals surface area contributed by atoms with Crippen LogP contribution in [0.3, 0.4) is 0 Å². The Labute approximate surface area is 126 Å². The molecule has 0 aliphatic rings. The van der Waals surface area contributed by atoms with Gasteiger partial charge in [-0.1, -0.05) is 39.0 Å². The molecule has 2 N–H and O–H groups in total. The number of likely N-dealkylation sites (N-methyl/N-ethyl adjacent to an activating group) is 1. The minimum atomic E-state index is -0.691. The Bertz CT molecular complexity index is 469. The van der Waals surface area contributed by atoms with Gasteiger partial charge in [-0.3, -0.25) is 0 Å². The SMILES string of the molecule is COCC(O)CN(C)C(=O)Nc1ccccc1C(C)(C)C. The maximum absolute atomic E-state index is 12.2. The lowest BCUT2D eigenvalue weighted by Gasteiger charge is -2.25. The van der Waals surface area contributed by atoms with Gasteiger partial charge in [0.25, 0.3) is 0 Å². The van der Waals surface area contributed by atoms with Gasteiger partial charge in [-0.2, -0.15) is 0 Å². The summed E-state index contributed by atoms with van der Waals surface area (Å²) >= 11 is 0. The van der Waals surface area contributed by atoms with Gasteiger partial charge in [0.15, 0.2) is 0 Å². The predicted octanol–water partition coefficient (Wildman–Crippen LogP) is 2.46. The predicted molar refractivity (Wildman–Crippen MR) is 84.7 cm³/mol. The highest BCUT2D eigenvalue weighted by Crippen LogP contribution is 2.29. The van der Waals surface area contributed by atoms with Crippen molar-refractivity contribution in [2.75, 3.05) is 32.6 Å². The van der Waals surface area contributed by atoms with E-state index in [1.54, 1.807) is 7.05 Å². The molecule has 0 spiro atoms. The quantitative estimate of drug-likeness (QED) is 0.877. The highest BCUT2D eigenvalue weighted by molar-refractivity contribution is 5.90. The molecule has 0 saturated heterocycles. The Morgan fingerprint density at radius 3 is 2.57 bits per heavy atom. The maximum atomic E-state index is 12.2. The van der Waals surface area contributed by atoms with Crippen LogP contribution in [0.25, 0.3) is 0 Å². The van der Waals surface area contributed by atoms with Gasteiger partial charge in [-0.25, -0.2) is 4.79 Å². The van der Waals surface area contributed by atoms with Gasteiger partial charge in [0.2, 0.25) is 0 Å². The highest BCUT2D eigenvalue weighted by Gasteiger charge is 2.20. The molecule has 5 nitrogen and oxygen atoms in total. The summed E-state index contributed by atoms with van der Waals surface area (Å²) in [7, 11) is 3.16. The van der Waals surface area contributed by atoms with E-state index in [4.69, 9.17) is 4.74 Å². The van der Waals surface area contributed by atoms with Crippen molar-refractivity contribution in [2.24, 2.45) is 0 Å². The van der Waals surface area contributed by atoms with E-state index in [1.807, 2.05) is 24.3 Å². The summed E-state index contributed by atoms with van der Waals surface area (Å²) in [6.07, 6.45) is -0.691. The van der Waals surface area contributed by atoms with Crippen LogP contribution in [0.4, 0.5) is 10.5 Å². The largest absolute Gasteiger partial charge is 0.389 e. The smallest absolute Gasteiger partial charge is 0.321 e. The van der Waals surface area contributed by atoms with E-state index < -0.39 is 6.10 Å². The molecule has 0 aliphatic heterocycles. The normalized spacial score (nSPS) is 12.9. The number of carbonyl (C=O) groups excluding carboxylic acids is 1. The average Bonchev–Trinajstić information content (AvgIpc) is 2.38. The lowest BCUT2D eigenvalue weighted by molar-refractivity contribution is 0.0501. The first-order valence-corrected chi connectivity index (χ1v) is 7.04. The van der Waals surface area contributed by atoms with Crippen LogP contribution in [0.1, 0.15) is 26.3 Å². The van der Waals surface area contributed by atoms with E-state index in [0.29, 0.717) is 0 Å². The number of rotatable bonds is 5. The highest BCUT2D eigenvalue weighted by atomic mass is 16.5. The van der Waals surface area contributed by atoms with Crippen LogP contribution >= 0.6 is 0 Å². The Hall–Kier alpha value is -1.59. The van der Waals surface area contributed by atoms with E-state index >= 15 is 0 Å². The van der Waals surface area contributed by atoms with Crippen molar-refractivity contribution >= 4 is 11.7 Å². The van der Waals surface area contributed by atoms with Crippen molar-refractivity contribution < 1.29 is 14.6 Å². The number of nitrogens with zero attached hydrogens (tertiary/aromatic N) is 1. The summed E-state index contributed by atoms with van der Waals surface area (Å²) in [5.74, 6) is 0. The first kappa shape index (κ1) is 17.5. The number of aliphatic hydroxyl groups is 1. The number of aliphatic hydroxyl groups excluding tert-OH is 1. The van der Waals surface area contributed by atoms with Gasteiger partial charge in [0, 0.05) is 19.8 Å². The summed E-state index contributed by atoms with van der Waals surface area (Å²) in [6.45, 7) is 6.73. The third kappa shape index (κ3) is 5.36. The summed E-state index contributed by atoms with van der Waals surface area (Å²) < 4.78 is 4.86. The van der Waals surface area contributed by atoms with Crippen molar-refractivity contribution in [1.29, 1.82) is 0 Å². The van der Waals surface area contributed by atoms with Crippen molar-refractivity contribution in [3.8, 4) is 0 Å². The van der Waals surface area contributed by atoms with Gasteiger partial charge >= 0.3 is 6.03 Å². The molecule has 0 saturated carbocycles. The van der Waals surface area contributed by atoms with E-state index in [2.05, 4.69) is 26.1 Å². The number of hydrogen-bond donors (Lipinski definition) is 2. The minimum Gasteiger partial charge on any atom is -0.389 e. The van der Waals surface area contributed by atoms with Crippen molar-refractivity contribution in [3.63, 3.8) is 0 Å². The topological polar surface area (TPSA) is 61.8 Å². The molecule has 0 fully saturated rings. The summed E-state index contributed by atoms with van der Waals surface area (Å²) in [4.78, 5) is 13.6. The zero-order valence-electron chi connectivity index (χ0n) is 13.5. The second-order valence-electron chi connectivity index (χ2n) is 6.22. The summed E-state index contributed by atoms with van der Waals surface area (Å²) in [5.41, 5.74) is 1.81. The first-order chi connectivity index (χ1) is 9.75. The number of amides is 2. The zero-order valence-corrected chi connectivity index (χ0v) is 13.5. The van der Waals surface area contributed by atoms with Crippen molar-refractivity contribution in [3.05, 3.63) is 29.8 Å². The molecule has 1 aromatic carbocycles. The molecule has 2 amide bonds. The standard InChI is InChI=1S/C16H26N2O3/c1-16(2,3)13-8-6-7-9-14(13)17-15(20)18(4)10-12(19)11-21-5/h6-9,12,19H,10-11H2,1-5H3,(H,17,20). The second-order valence-corrected chi connectivity index (χ2v) is 6.22. The Balaban J connectivity index is 2.75. The number of hydrogen-bond acceptors (Lipinski definition) is 3. The van der Waals surface area contributed by atoms with Gasteiger partial charge in [-0.05, 0) is 17.0 Å². The zero-order chi connectivity index (χ0) is 16.0. The average molecular weight is 294 g/mol. The molecule has 0 aliphatic carbocycles. The fourth-order valence-electron chi connectivity index (χ4n) is 2.10. The van der Waals surface area contributed by atoms with Crippen molar-refractivity contribution in [2.45, 2.75) is 32.3 Å². The van der Waals surface area contributed by atoms with E-state index in [1.165, 1.54) is 12.0 Å². The Morgan fingerprint density at radius 1 is 1.38 bits per heavy atom. The summed E-state index contributed by atoms with van der Waals surface area (Å²) in [6, 6.07) is 7.50. The van der Waals surface area contributed by atoms with Crippen LogP contribution in [0, 0.1) is 0 Å². The van der Waals surface area contributed by atoms with Crippen LogP contribution in [0.2, 0.25) is 0 Å². The monoisotopic (exact) mass is 294 g/mol. The van der Waals surface area contributed by atoms with E-state index in [9.17, 15) is 9.90 Å². The van der Waals surface area contributed by atoms with E-state index in [-0.39, 0.29) is 24.6 Å². The second kappa shape index (κ2) is 7.43. The fraction of sp³-hybridized carbons (Fsp3) is 0.562. The fourth-order valence-corrected chi connectivity index (χ4v) is 2.10. The number of urea groups is 1. The third-order valence-electron chi connectivity index (χ3n) is 3.17. The molecule has 0 bridgehead atoms. The number of nitrogens with one attached hydrogen (secondary N) is 1. The molecular weight excluding hydrogens is 268 g/mol. The maximum Gasteiger partial charge on any atom is 0.321 e. The number of anilines is 1. The Kier molecular flexibility index (Phi) is 6.18. The lowest BCUT2D eigenvalue weighted by atomic mass is 9.86. The number of benzene rings is 1. The number of para-hydroxylation sites is 1. The van der Waals surface area contributed by atoms with Crippen LogP contribution < -0.4 is 5.32 Å². The molecule has 1 rings (SSSR count). The molecule has 5 heteroatoms. The van der Waals surface area contributed by atoms with E-state index in [0.717, 1.165) is 11.3 Å². The van der Waals surface area contributed by atoms with Gasteiger partial charge in [-0.15, -0.1) is 0 Å². The Morgan fingerprint density at radius 2 is 2.00 bits per heavy atom. The number of carbonyl (C=O) groups is 1. The molecule has 118 valence electrons. The molecular formula is C16H26N2O3. The molecule has 21 heavy (non-hydrogen) atoms. The molecule has 1 unspecified atom stereocenters.